The number of amides is 2. The number of nitrogens with one attached hydrogen (secondary N) is 1. The maximum Gasteiger partial charge on any atom is 0.246 e. The molecule has 2 fully saturated rings. The van der Waals surface area contributed by atoms with Crippen LogP contribution in [0.5, 0.6) is 0 Å². The second kappa shape index (κ2) is 7.61. The first kappa shape index (κ1) is 18.5. The third kappa shape index (κ3) is 4.02. The number of fused-ring (bicyclic) bond motifs is 1. The molecule has 1 aliphatic heterocycles. The van der Waals surface area contributed by atoms with Gasteiger partial charge in [0, 0.05) is 49.9 Å². The minimum Gasteiger partial charge on any atom is -0.352 e. The molecule has 2 aromatic heterocycles. The second-order valence-corrected chi connectivity index (χ2v) is 8.23. The van der Waals surface area contributed by atoms with Crippen LogP contribution in [-0.4, -0.2) is 69.3 Å². The van der Waals surface area contributed by atoms with E-state index < -0.39 is 0 Å². The van der Waals surface area contributed by atoms with Gasteiger partial charge in [0.15, 0.2) is 10.1 Å². The van der Waals surface area contributed by atoms with Gasteiger partial charge in [-0.25, -0.2) is 4.98 Å². The Morgan fingerprint density at radius 2 is 2.07 bits per heavy atom. The van der Waals surface area contributed by atoms with Crippen molar-refractivity contribution in [2.45, 2.75) is 31.8 Å². The fourth-order valence-corrected chi connectivity index (χ4v) is 4.23. The SMILES string of the molecule is CC(C(=O)NC1CC1)N1CCN(C(=O)/C=C/c2c(Cl)nc3sccn23)CC1. The normalized spacial score (nSPS) is 19.7. The number of hydrogen-bond donors (Lipinski definition) is 1. The lowest BCUT2D eigenvalue weighted by molar-refractivity contribution is -0.130. The number of thiazole rings is 1. The molecule has 27 heavy (non-hydrogen) atoms. The van der Waals surface area contributed by atoms with Crippen molar-refractivity contribution in [3.63, 3.8) is 0 Å². The van der Waals surface area contributed by atoms with Gasteiger partial charge in [0.1, 0.15) is 0 Å². The Bertz CT molecular complexity index is 880. The Labute approximate surface area is 166 Å². The molecule has 4 rings (SSSR count). The second-order valence-electron chi connectivity index (χ2n) is 7.00. The summed E-state index contributed by atoms with van der Waals surface area (Å²) in [7, 11) is 0. The molecule has 2 aromatic rings. The highest BCUT2D eigenvalue weighted by molar-refractivity contribution is 7.15. The third-order valence-corrected chi connectivity index (χ3v) is 6.15. The van der Waals surface area contributed by atoms with Gasteiger partial charge in [-0.3, -0.25) is 18.9 Å². The van der Waals surface area contributed by atoms with Crippen molar-refractivity contribution < 1.29 is 9.59 Å². The number of piperazine rings is 1. The van der Waals surface area contributed by atoms with Gasteiger partial charge in [-0.15, -0.1) is 11.3 Å². The molecule has 2 aliphatic rings. The van der Waals surface area contributed by atoms with Crippen LogP contribution >= 0.6 is 22.9 Å². The van der Waals surface area contributed by atoms with E-state index in [1.54, 1.807) is 17.1 Å². The van der Waals surface area contributed by atoms with Crippen molar-refractivity contribution in [1.29, 1.82) is 0 Å². The van der Waals surface area contributed by atoms with Crippen molar-refractivity contribution in [1.82, 2.24) is 24.5 Å². The summed E-state index contributed by atoms with van der Waals surface area (Å²) in [5.41, 5.74) is 0.713. The van der Waals surface area contributed by atoms with Crippen LogP contribution in [0, 0.1) is 0 Å². The first-order valence-corrected chi connectivity index (χ1v) is 10.4. The van der Waals surface area contributed by atoms with Crippen LogP contribution in [0.15, 0.2) is 17.7 Å². The summed E-state index contributed by atoms with van der Waals surface area (Å²) in [4.78, 5) is 33.7. The molecule has 0 bridgehead atoms. The van der Waals surface area contributed by atoms with Gasteiger partial charge in [-0.2, -0.15) is 0 Å². The summed E-state index contributed by atoms with van der Waals surface area (Å²) >= 11 is 7.65. The predicted molar refractivity (Wildman–Crippen MR) is 106 cm³/mol. The molecule has 7 nitrogen and oxygen atoms in total. The molecule has 144 valence electrons. The molecule has 2 amide bonds. The van der Waals surface area contributed by atoms with Gasteiger partial charge < -0.3 is 10.2 Å². The van der Waals surface area contributed by atoms with E-state index >= 15 is 0 Å². The molecule has 1 atom stereocenters. The van der Waals surface area contributed by atoms with Crippen LogP contribution in [0.4, 0.5) is 0 Å². The van der Waals surface area contributed by atoms with Crippen LogP contribution in [0.1, 0.15) is 25.5 Å². The molecule has 1 unspecified atom stereocenters. The number of nitrogens with zero attached hydrogens (tertiary/aromatic N) is 4. The first-order valence-electron chi connectivity index (χ1n) is 9.15. The van der Waals surface area contributed by atoms with Crippen LogP contribution in [-0.2, 0) is 9.59 Å². The van der Waals surface area contributed by atoms with Crippen molar-refractivity contribution >= 4 is 45.8 Å². The number of carbonyl (C=O) groups is 2. The van der Waals surface area contributed by atoms with Gasteiger partial charge in [-0.1, -0.05) is 11.6 Å². The lowest BCUT2D eigenvalue weighted by atomic mass is 10.2. The zero-order valence-corrected chi connectivity index (χ0v) is 16.7. The highest BCUT2D eigenvalue weighted by Crippen LogP contribution is 2.22. The highest BCUT2D eigenvalue weighted by atomic mass is 35.5. The topological polar surface area (TPSA) is 70.0 Å². The molecule has 1 saturated heterocycles. The van der Waals surface area contributed by atoms with Gasteiger partial charge >= 0.3 is 0 Å². The van der Waals surface area contributed by atoms with Crippen LogP contribution in [0.2, 0.25) is 5.15 Å². The summed E-state index contributed by atoms with van der Waals surface area (Å²) in [5, 5.41) is 5.37. The largest absolute Gasteiger partial charge is 0.352 e. The van der Waals surface area contributed by atoms with E-state index in [1.807, 2.05) is 22.9 Å². The monoisotopic (exact) mass is 407 g/mol. The Balaban J connectivity index is 1.32. The molecule has 9 heteroatoms. The minimum absolute atomic E-state index is 0.0500. The number of halogens is 1. The van der Waals surface area contributed by atoms with E-state index in [2.05, 4.69) is 15.2 Å². The maximum atomic E-state index is 12.5. The zero-order chi connectivity index (χ0) is 19.0. The van der Waals surface area contributed by atoms with E-state index in [4.69, 9.17) is 11.6 Å². The summed E-state index contributed by atoms with van der Waals surface area (Å²) < 4.78 is 1.87. The lowest BCUT2D eigenvalue weighted by Crippen LogP contribution is -2.55. The Morgan fingerprint density at radius 3 is 2.78 bits per heavy atom. The van der Waals surface area contributed by atoms with E-state index in [0.29, 0.717) is 43.1 Å². The average Bonchev–Trinajstić information content (AvgIpc) is 3.28. The van der Waals surface area contributed by atoms with Crippen LogP contribution < -0.4 is 5.32 Å². The smallest absolute Gasteiger partial charge is 0.246 e. The quantitative estimate of drug-likeness (QED) is 0.768. The molecule has 0 spiro atoms. The Kier molecular flexibility index (Phi) is 5.21. The fraction of sp³-hybridized carbons (Fsp3) is 0.500. The van der Waals surface area contributed by atoms with Crippen LogP contribution in [0.25, 0.3) is 11.0 Å². The van der Waals surface area contributed by atoms with Crippen LogP contribution in [0.3, 0.4) is 0 Å². The van der Waals surface area contributed by atoms with Gasteiger partial charge in [-0.05, 0) is 25.8 Å². The van der Waals surface area contributed by atoms with Crippen molar-refractivity contribution in [2.24, 2.45) is 0 Å². The molecular weight excluding hydrogens is 386 g/mol. The number of carbonyl (C=O) groups excluding carboxylic acids is 2. The van der Waals surface area contributed by atoms with E-state index in [9.17, 15) is 9.59 Å². The summed E-state index contributed by atoms with van der Waals surface area (Å²) in [5.74, 6) is 0.0401. The minimum atomic E-state index is -0.157. The predicted octanol–water partition coefficient (Wildman–Crippen LogP) is 1.87. The van der Waals surface area contributed by atoms with Crippen molar-refractivity contribution in [3.05, 3.63) is 28.5 Å². The first-order chi connectivity index (χ1) is 13.0. The number of rotatable bonds is 5. The number of imidazole rings is 1. The fourth-order valence-electron chi connectivity index (χ4n) is 3.23. The summed E-state index contributed by atoms with van der Waals surface area (Å²) in [6.45, 7) is 4.54. The molecule has 0 radical (unpaired) electrons. The number of hydrogen-bond acceptors (Lipinski definition) is 5. The Morgan fingerprint density at radius 1 is 1.33 bits per heavy atom. The third-order valence-electron chi connectivity index (χ3n) is 5.11. The lowest BCUT2D eigenvalue weighted by Gasteiger charge is -2.37. The molecular formula is C18H22ClN5O2S. The van der Waals surface area contributed by atoms with Gasteiger partial charge in [0.25, 0.3) is 0 Å². The van der Waals surface area contributed by atoms with Crippen molar-refractivity contribution in [3.8, 4) is 0 Å². The molecule has 1 saturated carbocycles. The van der Waals surface area contributed by atoms with E-state index in [-0.39, 0.29) is 17.9 Å². The molecule has 1 aliphatic carbocycles. The molecule has 0 aromatic carbocycles. The maximum absolute atomic E-state index is 12.5. The molecule has 3 heterocycles. The zero-order valence-electron chi connectivity index (χ0n) is 15.1. The van der Waals surface area contributed by atoms with Crippen molar-refractivity contribution in [2.75, 3.05) is 26.2 Å². The average molecular weight is 408 g/mol. The Hall–Kier alpha value is -1.90. The summed E-state index contributed by atoms with van der Waals surface area (Å²) in [6.07, 6.45) is 7.33. The molecule has 1 N–H and O–H groups in total. The van der Waals surface area contributed by atoms with Gasteiger partial charge in [0.2, 0.25) is 11.8 Å². The summed E-state index contributed by atoms with van der Waals surface area (Å²) in [6, 6.07) is 0.217. The van der Waals surface area contributed by atoms with Gasteiger partial charge in [0.05, 0.1) is 11.7 Å². The van der Waals surface area contributed by atoms with E-state index in [0.717, 1.165) is 17.8 Å². The highest BCUT2D eigenvalue weighted by Gasteiger charge is 2.30. The standard InChI is InChI=1S/C18H22ClN5O2S/c1-12(17(26)20-13-2-3-13)22-6-8-23(9-7-22)15(25)5-4-14-16(19)21-18-24(14)10-11-27-18/h4-5,10-13H,2-3,6-9H2,1H3,(H,20,26)/b5-4+. The number of aromatic nitrogens is 2. The van der Waals surface area contributed by atoms with E-state index in [1.165, 1.54) is 11.3 Å².